The van der Waals surface area contributed by atoms with Crippen LogP contribution in [0.3, 0.4) is 0 Å². The van der Waals surface area contributed by atoms with Crippen molar-refractivity contribution in [1.82, 2.24) is 9.55 Å². The Morgan fingerprint density at radius 2 is 2.20 bits per heavy atom. The van der Waals surface area contributed by atoms with Crippen molar-refractivity contribution in [3.05, 3.63) is 26.9 Å². The summed E-state index contributed by atoms with van der Waals surface area (Å²) in [4.78, 5) is 24.6. The van der Waals surface area contributed by atoms with Crippen molar-refractivity contribution < 1.29 is 5.11 Å². The maximum atomic E-state index is 11.5. The van der Waals surface area contributed by atoms with Crippen LogP contribution in [0.5, 0.6) is 5.88 Å². The van der Waals surface area contributed by atoms with Gasteiger partial charge in [-0.15, -0.1) is 0 Å². The molecule has 5 heteroatoms. The van der Waals surface area contributed by atoms with E-state index < -0.39 is 11.2 Å². The van der Waals surface area contributed by atoms with Crippen LogP contribution in [-0.4, -0.2) is 14.7 Å². The number of aromatic nitrogens is 2. The van der Waals surface area contributed by atoms with E-state index in [0.717, 1.165) is 18.9 Å². The van der Waals surface area contributed by atoms with Crippen molar-refractivity contribution in [1.29, 1.82) is 0 Å². The van der Waals surface area contributed by atoms with Gasteiger partial charge in [-0.3, -0.25) is 14.3 Å². The van der Waals surface area contributed by atoms with Crippen LogP contribution in [0.2, 0.25) is 0 Å². The van der Waals surface area contributed by atoms with Crippen molar-refractivity contribution in [2.45, 2.75) is 32.2 Å². The first-order valence-corrected chi connectivity index (χ1v) is 5.14. The third-order valence-corrected chi connectivity index (χ3v) is 3.20. The number of hydrogen-bond acceptors (Lipinski definition) is 3. The van der Waals surface area contributed by atoms with Crippen molar-refractivity contribution >= 4 is 0 Å². The molecule has 5 nitrogen and oxygen atoms in total. The molecule has 0 bridgehead atoms. The summed E-state index contributed by atoms with van der Waals surface area (Å²) in [5, 5.41) is 9.55. The topological polar surface area (TPSA) is 75.1 Å². The molecule has 2 rings (SSSR count). The molecular formula is C10H14N2O3. The van der Waals surface area contributed by atoms with Gasteiger partial charge in [-0.1, -0.05) is 6.42 Å². The fraction of sp³-hybridized carbons (Fsp3) is 0.600. The number of hydrogen-bond donors (Lipinski definition) is 2. The van der Waals surface area contributed by atoms with Crippen LogP contribution in [0, 0.1) is 5.92 Å². The highest BCUT2D eigenvalue weighted by atomic mass is 16.3. The molecule has 0 saturated heterocycles. The van der Waals surface area contributed by atoms with E-state index in [0.29, 0.717) is 5.92 Å². The Kier molecular flexibility index (Phi) is 2.38. The summed E-state index contributed by atoms with van der Waals surface area (Å²) in [6, 6.07) is 0.986. The van der Waals surface area contributed by atoms with Crippen LogP contribution >= 0.6 is 0 Å². The van der Waals surface area contributed by atoms with Gasteiger partial charge in [0.2, 0.25) is 5.88 Å². The maximum Gasteiger partial charge on any atom is 0.331 e. The fourth-order valence-electron chi connectivity index (χ4n) is 2.02. The van der Waals surface area contributed by atoms with E-state index in [1.165, 1.54) is 11.0 Å². The van der Waals surface area contributed by atoms with Gasteiger partial charge in [0.25, 0.3) is 5.56 Å². The zero-order valence-electron chi connectivity index (χ0n) is 8.56. The molecule has 82 valence electrons. The zero-order valence-corrected chi connectivity index (χ0v) is 8.56. The second kappa shape index (κ2) is 3.56. The molecule has 1 unspecified atom stereocenters. The van der Waals surface area contributed by atoms with Crippen LogP contribution in [0.4, 0.5) is 0 Å². The monoisotopic (exact) mass is 210 g/mol. The van der Waals surface area contributed by atoms with E-state index in [1.54, 1.807) is 0 Å². The summed E-state index contributed by atoms with van der Waals surface area (Å²) in [6.07, 6.45) is 3.33. The molecule has 1 aliphatic rings. The zero-order chi connectivity index (χ0) is 11.0. The van der Waals surface area contributed by atoms with Gasteiger partial charge in [0.05, 0.1) is 6.07 Å². The molecule has 1 saturated carbocycles. The smallest absolute Gasteiger partial charge is 0.331 e. The standard InChI is InChI=1S/C10H14N2O3/c1-6(7-3-2-4-7)12-9(14)5-8(13)11-10(12)15/h5-7,14H,2-4H2,1H3,(H,11,13,15). The highest BCUT2D eigenvalue weighted by molar-refractivity contribution is 5.08. The summed E-state index contributed by atoms with van der Waals surface area (Å²) in [5.41, 5.74) is -1.09. The van der Waals surface area contributed by atoms with Gasteiger partial charge in [-0.2, -0.15) is 0 Å². The molecule has 1 aromatic heterocycles. The molecule has 1 heterocycles. The molecule has 0 radical (unpaired) electrons. The first kappa shape index (κ1) is 10.0. The Labute approximate surface area is 86.4 Å². The van der Waals surface area contributed by atoms with E-state index in [4.69, 9.17) is 0 Å². The molecule has 1 aromatic rings. The lowest BCUT2D eigenvalue weighted by molar-refractivity contribution is 0.204. The Hall–Kier alpha value is -1.52. The lowest BCUT2D eigenvalue weighted by Crippen LogP contribution is -2.35. The molecule has 1 fully saturated rings. The highest BCUT2D eigenvalue weighted by Gasteiger charge is 2.27. The predicted molar refractivity (Wildman–Crippen MR) is 55.0 cm³/mol. The van der Waals surface area contributed by atoms with Gasteiger partial charge in [-0.05, 0) is 25.7 Å². The second-order valence-electron chi connectivity index (χ2n) is 4.10. The quantitative estimate of drug-likeness (QED) is 0.750. The molecule has 15 heavy (non-hydrogen) atoms. The van der Waals surface area contributed by atoms with Gasteiger partial charge < -0.3 is 5.11 Å². The average molecular weight is 210 g/mol. The number of H-pyrrole nitrogens is 1. The van der Waals surface area contributed by atoms with Crippen molar-refractivity contribution in [3.8, 4) is 5.88 Å². The Bertz CT molecular complexity index is 470. The first-order valence-electron chi connectivity index (χ1n) is 5.14. The number of rotatable bonds is 2. The minimum absolute atomic E-state index is 0.0527. The van der Waals surface area contributed by atoms with Crippen molar-refractivity contribution in [3.63, 3.8) is 0 Å². The van der Waals surface area contributed by atoms with Crippen LogP contribution < -0.4 is 11.2 Å². The van der Waals surface area contributed by atoms with E-state index in [9.17, 15) is 14.7 Å². The fourth-order valence-corrected chi connectivity index (χ4v) is 2.02. The molecule has 2 N–H and O–H groups in total. The lowest BCUT2D eigenvalue weighted by Gasteiger charge is -2.32. The third kappa shape index (κ3) is 1.69. The molecule has 0 spiro atoms. The van der Waals surface area contributed by atoms with Crippen LogP contribution in [0.1, 0.15) is 32.2 Å². The number of nitrogens with one attached hydrogen (secondary N) is 1. The summed E-state index contributed by atoms with van der Waals surface area (Å²) < 4.78 is 1.26. The van der Waals surface area contributed by atoms with E-state index in [-0.39, 0.29) is 11.9 Å². The van der Waals surface area contributed by atoms with Crippen LogP contribution in [0.15, 0.2) is 15.7 Å². The Morgan fingerprint density at radius 3 is 2.67 bits per heavy atom. The molecule has 0 aromatic carbocycles. The highest BCUT2D eigenvalue weighted by Crippen LogP contribution is 2.36. The summed E-state index contributed by atoms with van der Waals surface area (Å²) >= 11 is 0. The van der Waals surface area contributed by atoms with Gasteiger partial charge in [0, 0.05) is 6.04 Å². The molecule has 1 aliphatic carbocycles. The SMILES string of the molecule is CC(C1CCC1)n1c(O)cc(=O)[nH]c1=O. The number of nitrogens with zero attached hydrogens (tertiary/aromatic N) is 1. The van der Waals surface area contributed by atoms with Crippen molar-refractivity contribution in [2.75, 3.05) is 0 Å². The minimum atomic E-state index is -0.561. The largest absolute Gasteiger partial charge is 0.494 e. The van der Waals surface area contributed by atoms with E-state index >= 15 is 0 Å². The predicted octanol–water partition coefficient (Wildman–Crippen LogP) is 0.603. The van der Waals surface area contributed by atoms with Crippen LogP contribution in [-0.2, 0) is 0 Å². The lowest BCUT2D eigenvalue weighted by atomic mass is 9.80. The molecular weight excluding hydrogens is 196 g/mol. The molecule has 1 atom stereocenters. The summed E-state index contributed by atoms with van der Waals surface area (Å²) in [7, 11) is 0. The number of aromatic hydroxyl groups is 1. The van der Waals surface area contributed by atoms with E-state index in [1.807, 2.05) is 6.92 Å². The molecule has 0 aliphatic heterocycles. The summed E-state index contributed by atoms with van der Waals surface area (Å²) in [5.74, 6) is 0.183. The third-order valence-electron chi connectivity index (χ3n) is 3.20. The Balaban J connectivity index is 2.42. The number of aromatic amines is 1. The van der Waals surface area contributed by atoms with Gasteiger partial charge in [0.1, 0.15) is 0 Å². The average Bonchev–Trinajstić information content (AvgIpc) is 1.97. The normalized spacial score (nSPS) is 18.5. The second-order valence-corrected chi connectivity index (χ2v) is 4.10. The summed E-state index contributed by atoms with van der Waals surface area (Å²) in [6.45, 7) is 1.89. The van der Waals surface area contributed by atoms with Crippen molar-refractivity contribution in [2.24, 2.45) is 5.92 Å². The molecule has 0 amide bonds. The first-order chi connectivity index (χ1) is 7.09. The minimum Gasteiger partial charge on any atom is -0.494 e. The maximum absolute atomic E-state index is 11.5. The Morgan fingerprint density at radius 1 is 1.53 bits per heavy atom. The van der Waals surface area contributed by atoms with Gasteiger partial charge >= 0.3 is 5.69 Å². The van der Waals surface area contributed by atoms with Crippen LogP contribution in [0.25, 0.3) is 0 Å². The van der Waals surface area contributed by atoms with Gasteiger partial charge in [-0.25, -0.2) is 4.79 Å². The van der Waals surface area contributed by atoms with Gasteiger partial charge in [0.15, 0.2) is 0 Å². The van der Waals surface area contributed by atoms with E-state index in [2.05, 4.69) is 4.98 Å².